The van der Waals surface area contributed by atoms with Gasteiger partial charge in [0.1, 0.15) is 5.76 Å². The van der Waals surface area contributed by atoms with Gasteiger partial charge in [-0.1, -0.05) is 11.2 Å². The fourth-order valence-corrected chi connectivity index (χ4v) is 3.98. The molecule has 6 nitrogen and oxygen atoms in total. The van der Waals surface area contributed by atoms with Crippen LogP contribution in [-0.4, -0.2) is 20.8 Å². The maximum atomic E-state index is 12.7. The minimum absolute atomic E-state index is 0.0439. The number of aromatic nitrogens is 3. The molecule has 5 rings (SSSR count). The summed E-state index contributed by atoms with van der Waals surface area (Å²) in [4.78, 5) is 12.7. The third-order valence-electron chi connectivity index (χ3n) is 5.96. The van der Waals surface area contributed by atoms with Crippen LogP contribution in [-0.2, 0) is 6.42 Å². The Morgan fingerprint density at radius 2 is 2.04 bits per heavy atom. The first-order valence-electron chi connectivity index (χ1n) is 10.0. The quantitative estimate of drug-likeness (QED) is 0.742. The molecule has 0 spiro atoms. The Kier molecular flexibility index (Phi) is 4.07. The molecular formula is C22H24N4O2. The van der Waals surface area contributed by atoms with E-state index in [1.807, 2.05) is 10.9 Å². The van der Waals surface area contributed by atoms with Gasteiger partial charge in [0.2, 0.25) is 0 Å². The number of aryl methyl sites for hydroxylation is 2. The van der Waals surface area contributed by atoms with E-state index in [1.54, 1.807) is 6.07 Å². The molecule has 0 aliphatic heterocycles. The largest absolute Gasteiger partial charge is 0.360 e. The lowest BCUT2D eigenvalue weighted by molar-refractivity contribution is 0.0923. The van der Waals surface area contributed by atoms with Crippen molar-refractivity contribution in [1.29, 1.82) is 0 Å². The average molecular weight is 376 g/mol. The molecule has 0 bridgehead atoms. The monoisotopic (exact) mass is 376 g/mol. The second-order valence-electron chi connectivity index (χ2n) is 8.03. The van der Waals surface area contributed by atoms with Gasteiger partial charge in [-0.25, -0.2) is 4.68 Å². The summed E-state index contributed by atoms with van der Waals surface area (Å²) < 4.78 is 7.34. The fraction of sp³-hybridized carbons (Fsp3) is 0.409. The lowest BCUT2D eigenvalue weighted by atomic mass is 9.92. The first-order chi connectivity index (χ1) is 13.6. The van der Waals surface area contributed by atoms with Gasteiger partial charge in [-0.3, -0.25) is 4.79 Å². The minimum atomic E-state index is -0.174. The van der Waals surface area contributed by atoms with E-state index in [4.69, 9.17) is 4.52 Å². The van der Waals surface area contributed by atoms with E-state index in [1.165, 1.54) is 16.8 Å². The number of nitrogens with zero attached hydrogens (tertiary/aromatic N) is 3. The predicted octanol–water partition coefficient (Wildman–Crippen LogP) is 4.16. The van der Waals surface area contributed by atoms with Crippen molar-refractivity contribution in [2.45, 2.75) is 57.9 Å². The van der Waals surface area contributed by atoms with Crippen molar-refractivity contribution in [3.63, 3.8) is 0 Å². The molecule has 2 aromatic heterocycles. The van der Waals surface area contributed by atoms with Crippen molar-refractivity contribution < 1.29 is 9.32 Å². The molecule has 2 aliphatic carbocycles. The van der Waals surface area contributed by atoms with Crippen LogP contribution in [0.5, 0.6) is 0 Å². The minimum Gasteiger partial charge on any atom is -0.360 e. The van der Waals surface area contributed by atoms with Gasteiger partial charge in [-0.05, 0) is 69.2 Å². The lowest BCUT2D eigenvalue weighted by Gasteiger charge is -2.24. The number of carbonyl (C=O) groups is 1. The van der Waals surface area contributed by atoms with E-state index in [9.17, 15) is 4.79 Å². The molecule has 144 valence electrons. The summed E-state index contributed by atoms with van der Waals surface area (Å²) in [7, 11) is 0. The molecule has 6 heteroatoms. The highest BCUT2D eigenvalue weighted by Gasteiger charge is 2.30. The zero-order valence-electron chi connectivity index (χ0n) is 16.2. The summed E-state index contributed by atoms with van der Waals surface area (Å²) in [6, 6.07) is 8.14. The smallest absolute Gasteiger partial charge is 0.273 e. The summed E-state index contributed by atoms with van der Waals surface area (Å²) in [6.07, 6.45) is 7.03. The first kappa shape index (κ1) is 17.2. The third-order valence-corrected chi connectivity index (χ3v) is 5.96. The molecule has 3 aromatic rings. The third kappa shape index (κ3) is 3.03. The molecule has 0 unspecified atom stereocenters. The number of carbonyl (C=O) groups excluding carboxylic acids is 1. The number of hydrogen-bond acceptors (Lipinski definition) is 4. The molecule has 2 heterocycles. The van der Waals surface area contributed by atoms with Crippen molar-refractivity contribution in [2.75, 3.05) is 0 Å². The highest BCUT2D eigenvalue weighted by molar-refractivity contribution is 5.92. The number of fused-ring (bicyclic) bond motifs is 1. The van der Waals surface area contributed by atoms with Gasteiger partial charge in [-0.15, -0.1) is 0 Å². The first-order valence-corrected chi connectivity index (χ1v) is 10.0. The van der Waals surface area contributed by atoms with Crippen LogP contribution >= 0.6 is 0 Å². The summed E-state index contributed by atoms with van der Waals surface area (Å²) in [5.74, 6) is 1.11. The average Bonchev–Trinajstić information content (AvgIpc) is 3.25. The second-order valence-corrected chi connectivity index (χ2v) is 8.03. The van der Waals surface area contributed by atoms with E-state index < -0.39 is 0 Å². The number of hydrogen-bond donors (Lipinski definition) is 1. The van der Waals surface area contributed by atoms with Crippen molar-refractivity contribution in [3.05, 3.63) is 64.3 Å². The summed E-state index contributed by atoms with van der Waals surface area (Å²) >= 11 is 0. The molecule has 1 fully saturated rings. The van der Waals surface area contributed by atoms with E-state index in [-0.39, 0.29) is 11.9 Å². The molecule has 0 saturated heterocycles. The molecule has 1 saturated carbocycles. The van der Waals surface area contributed by atoms with Crippen LogP contribution in [0, 0.1) is 13.8 Å². The maximum absolute atomic E-state index is 12.7. The molecule has 1 N–H and O–H groups in total. The van der Waals surface area contributed by atoms with Crippen LogP contribution in [0.2, 0.25) is 0 Å². The van der Waals surface area contributed by atoms with Crippen LogP contribution in [0.4, 0.5) is 0 Å². The highest BCUT2D eigenvalue weighted by atomic mass is 16.5. The summed E-state index contributed by atoms with van der Waals surface area (Å²) in [5.41, 5.74) is 6.24. The van der Waals surface area contributed by atoms with Crippen LogP contribution in [0.25, 0.3) is 5.69 Å². The van der Waals surface area contributed by atoms with Crippen LogP contribution in [0.15, 0.2) is 35.0 Å². The van der Waals surface area contributed by atoms with E-state index in [0.29, 0.717) is 11.6 Å². The molecule has 2 aliphatic rings. The standard InChI is InChI=1S/C22H24N4O2/c1-13-6-9-16(10-14(13)2)26-20-5-3-4-18(17(20)12-23-26)24-22(27)19-11-21(28-25-19)15-7-8-15/h6,9-12,15,18H,3-5,7-8H2,1-2H3,(H,24,27)/t18-/m0/s1. The summed E-state index contributed by atoms with van der Waals surface area (Å²) in [5, 5.41) is 11.7. The van der Waals surface area contributed by atoms with Crippen LogP contribution in [0.1, 0.15) is 76.3 Å². The Bertz CT molecular complexity index is 1040. The van der Waals surface area contributed by atoms with E-state index >= 15 is 0 Å². The molecule has 0 radical (unpaired) electrons. The van der Waals surface area contributed by atoms with E-state index in [2.05, 4.69) is 47.6 Å². The Morgan fingerprint density at radius 3 is 2.82 bits per heavy atom. The van der Waals surface area contributed by atoms with Crippen LogP contribution < -0.4 is 5.32 Å². The SMILES string of the molecule is Cc1ccc(-n2ncc3c2CCC[C@@H]3NC(=O)c2cc(C3CC3)on2)cc1C. The normalized spacial score (nSPS) is 18.7. The lowest BCUT2D eigenvalue weighted by Crippen LogP contribution is -2.31. The van der Waals surface area contributed by atoms with Gasteiger partial charge in [0.05, 0.1) is 17.9 Å². The molecular weight excluding hydrogens is 352 g/mol. The second kappa shape index (κ2) is 6.62. The zero-order chi connectivity index (χ0) is 19.3. The molecule has 1 amide bonds. The molecule has 1 aromatic carbocycles. The number of benzene rings is 1. The Balaban J connectivity index is 1.39. The van der Waals surface area contributed by atoms with Crippen molar-refractivity contribution in [2.24, 2.45) is 0 Å². The highest BCUT2D eigenvalue weighted by Crippen LogP contribution is 2.40. The van der Waals surface area contributed by atoms with Gasteiger partial charge in [-0.2, -0.15) is 5.10 Å². The van der Waals surface area contributed by atoms with Gasteiger partial charge in [0.15, 0.2) is 5.69 Å². The Morgan fingerprint density at radius 1 is 1.18 bits per heavy atom. The topological polar surface area (TPSA) is 73.0 Å². The van der Waals surface area contributed by atoms with Crippen LogP contribution in [0.3, 0.4) is 0 Å². The molecule has 1 atom stereocenters. The Labute approximate surface area is 163 Å². The number of rotatable bonds is 4. The van der Waals surface area contributed by atoms with E-state index in [0.717, 1.165) is 49.1 Å². The van der Waals surface area contributed by atoms with Gasteiger partial charge < -0.3 is 9.84 Å². The van der Waals surface area contributed by atoms with Crippen molar-refractivity contribution in [3.8, 4) is 5.69 Å². The molecule has 28 heavy (non-hydrogen) atoms. The number of amides is 1. The fourth-order valence-electron chi connectivity index (χ4n) is 3.98. The van der Waals surface area contributed by atoms with Gasteiger partial charge in [0.25, 0.3) is 5.91 Å². The summed E-state index contributed by atoms with van der Waals surface area (Å²) in [6.45, 7) is 4.23. The van der Waals surface area contributed by atoms with Gasteiger partial charge >= 0.3 is 0 Å². The predicted molar refractivity (Wildman–Crippen MR) is 105 cm³/mol. The number of nitrogens with one attached hydrogen (secondary N) is 1. The maximum Gasteiger partial charge on any atom is 0.273 e. The van der Waals surface area contributed by atoms with Crippen molar-refractivity contribution in [1.82, 2.24) is 20.3 Å². The zero-order valence-corrected chi connectivity index (χ0v) is 16.2. The Hall–Kier alpha value is -2.89. The van der Waals surface area contributed by atoms with Gasteiger partial charge in [0, 0.05) is 23.2 Å². The van der Waals surface area contributed by atoms with Crippen molar-refractivity contribution >= 4 is 5.91 Å².